The molecule has 2 saturated carbocycles. The summed E-state index contributed by atoms with van der Waals surface area (Å²) in [4.78, 5) is 15.2. The summed E-state index contributed by atoms with van der Waals surface area (Å²) in [6, 6.07) is 0.362. The van der Waals surface area contributed by atoms with Gasteiger partial charge < -0.3 is 15.0 Å². The molecule has 4 nitrogen and oxygen atoms in total. The molecule has 23 heavy (non-hydrogen) atoms. The summed E-state index contributed by atoms with van der Waals surface area (Å²) in [7, 11) is 2.04. The number of carbonyl (C=O) groups excluding carboxylic acids is 1. The van der Waals surface area contributed by atoms with Crippen molar-refractivity contribution in [2.75, 3.05) is 26.7 Å². The highest BCUT2D eigenvalue weighted by Gasteiger charge is 2.61. The summed E-state index contributed by atoms with van der Waals surface area (Å²) in [5.74, 6) is 0.685. The molecule has 0 bridgehead atoms. The second-order valence-electron chi connectivity index (χ2n) is 7.95. The molecule has 1 spiro atoms. The maximum Gasteiger partial charge on any atom is 0.226 e. The van der Waals surface area contributed by atoms with Crippen LogP contribution in [-0.2, 0) is 9.53 Å². The number of hydrogen-bond acceptors (Lipinski definition) is 3. The summed E-state index contributed by atoms with van der Waals surface area (Å²) < 4.78 is 5.98. The van der Waals surface area contributed by atoms with Gasteiger partial charge in [0.05, 0.1) is 6.10 Å². The van der Waals surface area contributed by atoms with Crippen LogP contribution in [0.1, 0.15) is 59.3 Å². The van der Waals surface area contributed by atoms with Crippen molar-refractivity contribution in [2.24, 2.45) is 16.7 Å². The standard InChI is InChI=1S/C19H34N2O2/c1-5-19(6-2)15(12-16(19)23-7-3)21(4)17(22)14-13-18(14)8-10-20-11-9-18/h14-16,20H,5-13H2,1-4H3. The highest BCUT2D eigenvalue weighted by molar-refractivity contribution is 5.83. The molecule has 0 aromatic carbocycles. The minimum atomic E-state index is 0.163. The summed E-state index contributed by atoms with van der Waals surface area (Å²) in [5.41, 5.74) is 0.497. The molecule has 0 aromatic rings. The van der Waals surface area contributed by atoms with Gasteiger partial charge in [-0.25, -0.2) is 0 Å². The van der Waals surface area contributed by atoms with Crippen molar-refractivity contribution in [1.82, 2.24) is 10.2 Å². The number of hydrogen-bond donors (Lipinski definition) is 1. The molecule has 0 radical (unpaired) electrons. The Morgan fingerprint density at radius 1 is 1.22 bits per heavy atom. The number of nitrogens with one attached hydrogen (secondary N) is 1. The topological polar surface area (TPSA) is 41.6 Å². The Morgan fingerprint density at radius 3 is 2.43 bits per heavy atom. The van der Waals surface area contributed by atoms with Crippen LogP contribution in [0.2, 0.25) is 0 Å². The van der Waals surface area contributed by atoms with Gasteiger partial charge in [0.1, 0.15) is 0 Å². The molecule has 3 rings (SSSR count). The molecular formula is C19H34N2O2. The quantitative estimate of drug-likeness (QED) is 0.817. The van der Waals surface area contributed by atoms with Crippen LogP contribution in [0.25, 0.3) is 0 Å². The third kappa shape index (κ3) is 2.62. The Hall–Kier alpha value is -0.610. The van der Waals surface area contributed by atoms with Crippen LogP contribution >= 0.6 is 0 Å². The van der Waals surface area contributed by atoms with Gasteiger partial charge in [-0.15, -0.1) is 0 Å². The zero-order chi connectivity index (χ0) is 16.7. The lowest BCUT2D eigenvalue weighted by Crippen LogP contribution is -2.65. The molecule has 2 aliphatic carbocycles. The molecule has 1 saturated heterocycles. The minimum absolute atomic E-state index is 0.163. The molecular weight excluding hydrogens is 288 g/mol. The molecule has 132 valence electrons. The first kappa shape index (κ1) is 17.2. The van der Waals surface area contributed by atoms with Gasteiger partial charge in [0, 0.05) is 31.0 Å². The fourth-order valence-corrected chi connectivity index (χ4v) is 5.46. The van der Waals surface area contributed by atoms with E-state index in [2.05, 4.69) is 31.0 Å². The van der Waals surface area contributed by atoms with E-state index >= 15 is 0 Å². The number of amides is 1. The van der Waals surface area contributed by atoms with Crippen molar-refractivity contribution >= 4 is 5.91 Å². The number of rotatable bonds is 6. The Morgan fingerprint density at radius 2 is 1.87 bits per heavy atom. The van der Waals surface area contributed by atoms with Crippen molar-refractivity contribution in [3.63, 3.8) is 0 Å². The van der Waals surface area contributed by atoms with Gasteiger partial charge in [0.2, 0.25) is 5.91 Å². The maximum atomic E-state index is 13.1. The molecule has 3 aliphatic rings. The fourth-order valence-electron chi connectivity index (χ4n) is 5.46. The van der Waals surface area contributed by atoms with Crippen LogP contribution in [0.15, 0.2) is 0 Å². The first-order valence-electron chi connectivity index (χ1n) is 9.63. The average Bonchev–Trinajstić information content (AvgIpc) is 3.25. The zero-order valence-electron chi connectivity index (χ0n) is 15.4. The molecule has 4 heteroatoms. The van der Waals surface area contributed by atoms with E-state index in [1.807, 2.05) is 7.05 Å². The van der Waals surface area contributed by atoms with Crippen molar-refractivity contribution in [3.05, 3.63) is 0 Å². The van der Waals surface area contributed by atoms with Crippen LogP contribution in [0, 0.1) is 16.7 Å². The minimum Gasteiger partial charge on any atom is -0.378 e. The van der Waals surface area contributed by atoms with Crippen molar-refractivity contribution < 1.29 is 9.53 Å². The van der Waals surface area contributed by atoms with Crippen molar-refractivity contribution in [3.8, 4) is 0 Å². The number of carbonyl (C=O) groups is 1. The number of nitrogens with zero attached hydrogens (tertiary/aromatic N) is 1. The monoisotopic (exact) mass is 322 g/mol. The van der Waals surface area contributed by atoms with Crippen molar-refractivity contribution in [2.45, 2.75) is 71.4 Å². The smallest absolute Gasteiger partial charge is 0.226 e. The SMILES string of the molecule is CCOC1CC(N(C)C(=O)C2CC23CCNCC3)C1(CC)CC. The maximum absolute atomic E-state index is 13.1. The molecule has 1 amide bonds. The van der Waals surface area contributed by atoms with E-state index in [0.29, 0.717) is 23.5 Å². The second-order valence-corrected chi connectivity index (χ2v) is 7.95. The van der Waals surface area contributed by atoms with Gasteiger partial charge in [-0.2, -0.15) is 0 Å². The average molecular weight is 322 g/mol. The lowest BCUT2D eigenvalue weighted by molar-refractivity contribution is -0.178. The van der Waals surface area contributed by atoms with Crippen LogP contribution < -0.4 is 5.32 Å². The third-order valence-electron chi connectivity index (χ3n) is 7.33. The molecule has 3 atom stereocenters. The summed E-state index contributed by atoms with van der Waals surface area (Å²) in [6.07, 6.45) is 7.00. The molecule has 1 heterocycles. The van der Waals surface area contributed by atoms with Crippen LogP contribution in [0.3, 0.4) is 0 Å². The van der Waals surface area contributed by atoms with Gasteiger partial charge in [-0.05, 0) is 64.0 Å². The Labute approximate surface area is 141 Å². The highest BCUT2D eigenvalue weighted by atomic mass is 16.5. The molecule has 3 fully saturated rings. The predicted octanol–water partition coefficient (Wildman–Crippen LogP) is 2.82. The molecule has 0 aromatic heterocycles. The van der Waals surface area contributed by atoms with Gasteiger partial charge in [-0.3, -0.25) is 4.79 Å². The van der Waals surface area contributed by atoms with Gasteiger partial charge in [0.15, 0.2) is 0 Å². The van der Waals surface area contributed by atoms with Crippen LogP contribution in [0.4, 0.5) is 0 Å². The van der Waals surface area contributed by atoms with E-state index in [9.17, 15) is 4.79 Å². The Bertz CT molecular complexity index is 441. The first-order chi connectivity index (χ1) is 11.0. The number of ether oxygens (including phenoxy) is 1. The predicted molar refractivity (Wildman–Crippen MR) is 92.2 cm³/mol. The van der Waals surface area contributed by atoms with E-state index < -0.39 is 0 Å². The van der Waals surface area contributed by atoms with E-state index in [4.69, 9.17) is 4.74 Å². The van der Waals surface area contributed by atoms with E-state index in [1.54, 1.807) is 0 Å². The van der Waals surface area contributed by atoms with Gasteiger partial charge in [0.25, 0.3) is 0 Å². The Kier molecular flexibility index (Phi) is 4.76. The number of piperidine rings is 1. The van der Waals surface area contributed by atoms with E-state index in [0.717, 1.165) is 45.4 Å². The first-order valence-corrected chi connectivity index (χ1v) is 9.63. The van der Waals surface area contributed by atoms with Crippen LogP contribution in [-0.4, -0.2) is 49.7 Å². The summed E-state index contributed by atoms with van der Waals surface area (Å²) in [5, 5.41) is 3.42. The fraction of sp³-hybridized carbons (Fsp3) is 0.947. The van der Waals surface area contributed by atoms with E-state index in [1.165, 1.54) is 12.8 Å². The zero-order valence-corrected chi connectivity index (χ0v) is 15.4. The normalized spacial score (nSPS) is 34.0. The lowest BCUT2D eigenvalue weighted by Gasteiger charge is -2.58. The summed E-state index contributed by atoms with van der Waals surface area (Å²) >= 11 is 0. The van der Waals surface area contributed by atoms with Gasteiger partial charge in [-0.1, -0.05) is 13.8 Å². The second kappa shape index (κ2) is 6.36. The Balaban J connectivity index is 1.66. The molecule has 1 N–H and O–H groups in total. The summed E-state index contributed by atoms with van der Waals surface area (Å²) in [6.45, 7) is 9.52. The van der Waals surface area contributed by atoms with Gasteiger partial charge >= 0.3 is 0 Å². The van der Waals surface area contributed by atoms with Crippen LogP contribution in [0.5, 0.6) is 0 Å². The lowest BCUT2D eigenvalue weighted by atomic mass is 9.58. The highest BCUT2D eigenvalue weighted by Crippen LogP contribution is 2.60. The molecule has 1 aliphatic heterocycles. The third-order valence-corrected chi connectivity index (χ3v) is 7.33. The largest absolute Gasteiger partial charge is 0.378 e. The van der Waals surface area contributed by atoms with E-state index in [-0.39, 0.29) is 11.3 Å². The molecule has 3 unspecified atom stereocenters. The van der Waals surface area contributed by atoms with Crippen molar-refractivity contribution in [1.29, 1.82) is 0 Å².